The van der Waals surface area contributed by atoms with Crippen molar-refractivity contribution in [3.05, 3.63) is 64.7 Å². The molecule has 0 aliphatic carbocycles. The number of hydrogen-bond acceptors (Lipinski definition) is 5. The van der Waals surface area contributed by atoms with Crippen LogP contribution in [0.25, 0.3) is 0 Å². The lowest BCUT2D eigenvalue weighted by Gasteiger charge is -2.35. The number of carbonyl (C=O) groups is 2. The van der Waals surface area contributed by atoms with Crippen molar-refractivity contribution >= 4 is 41.7 Å². The van der Waals surface area contributed by atoms with Crippen LogP contribution in [0.2, 0.25) is 5.02 Å². The van der Waals surface area contributed by atoms with Gasteiger partial charge in [-0.05, 0) is 83.0 Å². The van der Waals surface area contributed by atoms with Crippen molar-refractivity contribution in [3.63, 3.8) is 0 Å². The molecule has 0 atom stereocenters. The molecule has 0 spiro atoms. The third-order valence-electron chi connectivity index (χ3n) is 6.10. The van der Waals surface area contributed by atoms with Crippen LogP contribution in [0.5, 0.6) is 0 Å². The SMILES string of the molecule is CC(C)OCCN(C(=O)OC(C)(C)C)c1ccc(C(=O)N2CCN(CCc3ccc(Cl)cc3)CC2)cc1.Cl. The van der Waals surface area contributed by atoms with Gasteiger partial charge < -0.3 is 14.4 Å². The Morgan fingerprint density at radius 2 is 1.58 bits per heavy atom. The summed E-state index contributed by atoms with van der Waals surface area (Å²) in [5.41, 5.74) is 1.94. The standard InChI is InChI=1S/C29H40ClN3O4.ClH/c1-22(2)36-21-20-33(28(35)37-29(3,4)5)26-12-8-24(9-13-26)27(34)32-18-16-31(17-19-32)15-14-23-6-10-25(30)11-7-23;/h6-13,22H,14-21H2,1-5H3;1H. The summed E-state index contributed by atoms with van der Waals surface area (Å²) in [6.45, 7) is 14.2. The van der Waals surface area contributed by atoms with Gasteiger partial charge in [-0.2, -0.15) is 0 Å². The Morgan fingerprint density at radius 3 is 2.13 bits per heavy atom. The summed E-state index contributed by atoms with van der Waals surface area (Å²) in [5, 5.41) is 0.751. The Morgan fingerprint density at radius 1 is 0.974 bits per heavy atom. The molecule has 1 fully saturated rings. The van der Waals surface area contributed by atoms with Gasteiger partial charge in [-0.25, -0.2) is 4.79 Å². The molecule has 1 heterocycles. The van der Waals surface area contributed by atoms with Crippen LogP contribution in [-0.4, -0.2) is 79.4 Å². The van der Waals surface area contributed by atoms with E-state index in [1.54, 1.807) is 29.2 Å². The normalized spacial score (nSPS) is 14.2. The van der Waals surface area contributed by atoms with E-state index < -0.39 is 11.7 Å². The molecule has 3 rings (SSSR count). The maximum absolute atomic E-state index is 13.1. The highest BCUT2D eigenvalue weighted by atomic mass is 35.5. The fourth-order valence-corrected chi connectivity index (χ4v) is 4.23. The van der Waals surface area contributed by atoms with Gasteiger partial charge in [0.05, 0.1) is 19.3 Å². The lowest BCUT2D eigenvalue weighted by molar-refractivity contribution is 0.0526. The van der Waals surface area contributed by atoms with E-state index in [9.17, 15) is 9.59 Å². The maximum Gasteiger partial charge on any atom is 0.414 e. The van der Waals surface area contributed by atoms with Gasteiger partial charge in [0.15, 0.2) is 0 Å². The number of carbonyl (C=O) groups excluding carboxylic acids is 2. The third kappa shape index (κ3) is 10.1. The fraction of sp³-hybridized carbons (Fsp3) is 0.517. The van der Waals surface area contributed by atoms with Crippen molar-refractivity contribution in [2.75, 3.05) is 50.8 Å². The molecule has 9 heteroatoms. The predicted molar refractivity (Wildman–Crippen MR) is 156 cm³/mol. The van der Waals surface area contributed by atoms with Crippen LogP contribution in [0.15, 0.2) is 48.5 Å². The number of nitrogens with zero attached hydrogens (tertiary/aromatic N) is 3. The fourth-order valence-electron chi connectivity index (χ4n) is 4.10. The molecule has 2 aromatic carbocycles. The van der Waals surface area contributed by atoms with Crippen molar-refractivity contribution in [2.24, 2.45) is 0 Å². The number of halogens is 2. The molecule has 0 N–H and O–H groups in total. The second kappa shape index (κ2) is 14.7. The van der Waals surface area contributed by atoms with Gasteiger partial charge in [0.2, 0.25) is 0 Å². The first-order valence-electron chi connectivity index (χ1n) is 13.0. The molecular weight excluding hydrogens is 525 g/mol. The van der Waals surface area contributed by atoms with Crippen LogP contribution in [0.4, 0.5) is 10.5 Å². The Balaban J connectivity index is 0.00000507. The minimum absolute atomic E-state index is 0. The van der Waals surface area contributed by atoms with Crippen LogP contribution < -0.4 is 4.90 Å². The lowest BCUT2D eigenvalue weighted by Crippen LogP contribution is -2.49. The molecule has 1 aliphatic heterocycles. The average molecular weight is 567 g/mol. The summed E-state index contributed by atoms with van der Waals surface area (Å²) in [7, 11) is 0. The molecule has 2 amide bonds. The molecule has 0 radical (unpaired) electrons. The Hall–Kier alpha value is -2.32. The number of ether oxygens (including phenoxy) is 2. The molecule has 1 saturated heterocycles. The summed E-state index contributed by atoms with van der Waals surface area (Å²) in [4.78, 5) is 31.8. The molecule has 0 aromatic heterocycles. The van der Waals surface area contributed by atoms with E-state index in [4.69, 9.17) is 21.1 Å². The summed E-state index contributed by atoms with van der Waals surface area (Å²) < 4.78 is 11.2. The van der Waals surface area contributed by atoms with Gasteiger partial charge in [-0.15, -0.1) is 12.4 Å². The van der Waals surface area contributed by atoms with Crippen LogP contribution in [0.1, 0.15) is 50.5 Å². The van der Waals surface area contributed by atoms with Crippen molar-refractivity contribution < 1.29 is 19.1 Å². The van der Waals surface area contributed by atoms with Crippen LogP contribution in [-0.2, 0) is 15.9 Å². The molecule has 7 nitrogen and oxygen atoms in total. The zero-order valence-electron chi connectivity index (χ0n) is 23.1. The maximum atomic E-state index is 13.1. The second-order valence-corrected chi connectivity index (χ2v) is 11.0. The highest BCUT2D eigenvalue weighted by Gasteiger charge is 2.25. The highest BCUT2D eigenvalue weighted by Crippen LogP contribution is 2.20. The predicted octanol–water partition coefficient (Wildman–Crippen LogP) is 5.93. The van der Waals surface area contributed by atoms with Crippen LogP contribution in [0, 0.1) is 0 Å². The van der Waals surface area contributed by atoms with E-state index in [0.29, 0.717) is 37.5 Å². The minimum atomic E-state index is -0.610. The average Bonchev–Trinajstić information content (AvgIpc) is 2.85. The largest absolute Gasteiger partial charge is 0.443 e. The van der Waals surface area contributed by atoms with Crippen LogP contribution in [0.3, 0.4) is 0 Å². The molecule has 0 bridgehead atoms. The smallest absolute Gasteiger partial charge is 0.414 e. The second-order valence-electron chi connectivity index (χ2n) is 10.6. The molecule has 0 unspecified atom stereocenters. The van der Waals surface area contributed by atoms with Gasteiger partial charge in [0.1, 0.15) is 5.60 Å². The summed E-state index contributed by atoms with van der Waals surface area (Å²) in [5.74, 6) is 0.0101. The van der Waals surface area contributed by atoms with E-state index in [0.717, 1.165) is 31.1 Å². The number of hydrogen-bond donors (Lipinski definition) is 0. The summed E-state index contributed by atoms with van der Waals surface area (Å²) in [6, 6.07) is 15.1. The third-order valence-corrected chi connectivity index (χ3v) is 6.35. The molecule has 38 heavy (non-hydrogen) atoms. The molecule has 0 saturated carbocycles. The Kier molecular flexibility index (Phi) is 12.4. The van der Waals surface area contributed by atoms with Crippen molar-refractivity contribution in [2.45, 2.75) is 52.7 Å². The number of piperazine rings is 1. The monoisotopic (exact) mass is 565 g/mol. The van der Waals surface area contributed by atoms with Gasteiger partial charge in [-0.3, -0.25) is 14.6 Å². The Labute approximate surface area is 238 Å². The topological polar surface area (TPSA) is 62.3 Å². The van der Waals surface area contributed by atoms with Gasteiger partial charge in [0.25, 0.3) is 5.91 Å². The van der Waals surface area contributed by atoms with E-state index >= 15 is 0 Å². The van der Waals surface area contributed by atoms with Crippen molar-refractivity contribution in [1.82, 2.24) is 9.80 Å². The van der Waals surface area contributed by atoms with E-state index in [2.05, 4.69) is 17.0 Å². The van der Waals surface area contributed by atoms with E-state index in [1.165, 1.54) is 5.56 Å². The number of anilines is 1. The first kappa shape index (κ1) is 31.9. The summed E-state index contributed by atoms with van der Waals surface area (Å²) in [6.07, 6.45) is 0.593. The summed E-state index contributed by atoms with van der Waals surface area (Å²) >= 11 is 5.97. The molecule has 2 aromatic rings. The first-order chi connectivity index (χ1) is 17.5. The number of amides is 2. The Bertz CT molecular complexity index is 1020. The van der Waals surface area contributed by atoms with Gasteiger partial charge in [0, 0.05) is 49.0 Å². The molecule has 1 aliphatic rings. The lowest BCUT2D eigenvalue weighted by atomic mass is 10.1. The van der Waals surface area contributed by atoms with Gasteiger partial charge in [-0.1, -0.05) is 23.7 Å². The van der Waals surface area contributed by atoms with Crippen molar-refractivity contribution in [3.8, 4) is 0 Å². The number of benzene rings is 2. The number of rotatable bonds is 9. The minimum Gasteiger partial charge on any atom is -0.443 e. The molecule has 210 valence electrons. The van der Waals surface area contributed by atoms with Gasteiger partial charge >= 0.3 is 6.09 Å². The van der Waals surface area contributed by atoms with E-state index in [-0.39, 0.29) is 24.4 Å². The highest BCUT2D eigenvalue weighted by molar-refractivity contribution is 6.30. The van der Waals surface area contributed by atoms with Crippen LogP contribution >= 0.6 is 24.0 Å². The zero-order chi connectivity index (χ0) is 27.0. The molecular formula is C29H41Cl2N3O4. The van der Waals surface area contributed by atoms with Crippen molar-refractivity contribution in [1.29, 1.82) is 0 Å². The first-order valence-corrected chi connectivity index (χ1v) is 13.4. The quantitative estimate of drug-likeness (QED) is 0.377. The van der Waals surface area contributed by atoms with E-state index in [1.807, 2.05) is 51.7 Å². The zero-order valence-corrected chi connectivity index (χ0v) is 24.7.